The van der Waals surface area contributed by atoms with Gasteiger partial charge in [-0.25, -0.2) is 8.78 Å². The summed E-state index contributed by atoms with van der Waals surface area (Å²) in [7, 11) is 0. The molecule has 1 saturated heterocycles. The molecule has 108 valence electrons. The summed E-state index contributed by atoms with van der Waals surface area (Å²) in [4.78, 5) is 2.17. The number of piperidine rings is 1. The summed E-state index contributed by atoms with van der Waals surface area (Å²) >= 11 is 0. The fourth-order valence-electron chi connectivity index (χ4n) is 2.58. The molecule has 0 bridgehead atoms. The van der Waals surface area contributed by atoms with Gasteiger partial charge in [0.25, 0.3) is 0 Å². The van der Waals surface area contributed by atoms with Crippen molar-refractivity contribution < 1.29 is 8.78 Å². The van der Waals surface area contributed by atoms with Gasteiger partial charge < -0.3 is 5.73 Å². The summed E-state index contributed by atoms with van der Waals surface area (Å²) in [5.74, 6) is -0.343. The average Bonchev–Trinajstić information content (AvgIpc) is 2.35. The standard InChI is InChI=1S/C14H20F2N2.ClH/c1-9-8-18(6-5-14(9)17)10(2)12-7-11(15)3-4-13(12)16;/h3-4,7,9-10,14H,5-6,8,17H2,1-2H3;1H. The van der Waals surface area contributed by atoms with Crippen molar-refractivity contribution in [3.05, 3.63) is 35.4 Å². The lowest BCUT2D eigenvalue weighted by molar-refractivity contribution is 0.122. The Hall–Kier alpha value is -0.710. The number of benzene rings is 1. The molecule has 1 aromatic rings. The van der Waals surface area contributed by atoms with Gasteiger partial charge in [0.05, 0.1) is 0 Å². The van der Waals surface area contributed by atoms with Crippen LogP contribution in [0, 0.1) is 17.6 Å². The molecule has 3 unspecified atom stereocenters. The van der Waals surface area contributed by atoms with E-state index in [0.717, 1.165) is 25.6 Å². The first-order valence-electron chi connectivity index (χ1n) is 6.43. The smallest absolute Gasteiger partial charge is 0.128 e. The molecule has 0 amide bonds. The van der Waals surface area contributed by atoms with Crippen LogP contribution in [0.2, 0.25) is 0 Å². The van der Waals surface area contributed by atoms with E-state index < -0.39 is 0 Å². The highest BCUT2D eigenvalue weighted by atomic mass is 35.5. The molecule has 19 heavy (non-hydrogen) atoms. The van der Waals surface area contributed by atoms with Crippen molar-refractivity contribution in [1.82, 2.24) is 4.90 Å². The molecule has 3 atom stereocenters. The van der Waals surface area contributed by atoms with Crippen LogP contribution in [0.1, 0.15) is 31.9 Å². The van der Waals surface area contributed by atoms with Crippen molar-refractivity contribution >= 4 is 12.4 Å². The molecule has 0 aromatic heterocycles. The molecule has 1 aromatic carbocycles. The highest BCUT2D eigenvalue weighted by Crippen LogP contribution is 2.28. The van der Waals surface area contributed by atoms with Crippen LogP contribution in [-0.4, -0.2) is 24.0 Å². The Morgan fingerprint density at radius 3 is 2.68 bits per heavy atom. The summed E-state index contributed by atoms with van der Waals surface area (Å²) in [5.41, 5.74) is 6.40. The summed E-state index contributed by atoms with van der Waals surface area (Å²) in [5, 5.41) is 0. The molecular formula is C14H21ClF2N2. The number of halogens is 3. The molecule has 1 aliphatic rings. The molecule has 0 radical (unpaired) electrons. The third-order valence-corrected chi connectivity index (χ3v) is 3.96. The van der Waals surface area contributed by atoms with Crippen molar-refractivity contribution in [2.75, 3.05) is 13.1 Å². The highest BCUT2D eigenvalue weighted by molar-refractivity contribution is 5.85. The molecule has 0 aliphatic carbocycles. The van der Waals surface area contributed by atoms with Gasteiger partial charge in [0, 0.05) is 30.7 Å². The van der Waals surface area contributed by atoms with E-state index in [-0.39, 0.29) is 36.1 Å². The third-order valence-electron chi connectivity index (χ3n) is 3.96. The molecule has 0 saturated carbocycles. The second kappa shape index (κ2) is 6.64. The first-order chi connectivity index (χ1) is 8.49. The van der Waals surface area contributed by atoms with Crippen LogP contribution in [0.5, 0.6) is 0 Å². The first-order valence-corrected chi connectivity index (χ1v) is 6.43. The van der Waals surface area contributed by atoms with Gasteiger partial charge in [-0.1, -0.05) is 6.92 Å². The SMILES string of the molecule is CC1CN(C(C)c2cc(F)ccc2F)CCC1N.Cl. The van der Waals surface area contributed by atoms with E-state index >= 15 is 0 Å². The topological polar surface area (TPSA) is 29.3 Å². The number of nitrogens with zero attached hydrogens (tertiary/aromatic N) is 1. The molecule has 2 rings (SSSR count). The van der Waals surface area contributed by atoms with E-state index in [0.29, 0.717) is 11.5 Å². The van der Waals surface area contributed by atoms with Crippen LogP contribution in [-0.2, 0) is 0 Å². The highest BCUT2D eigenvalue weighted by Gasteiger charge is 2.27. The Balaban J connectivity index is 0.00000180. The monoisotopic (exact) mass is 290 g/mol. The average molecular weight is 291 g/mol. The van der Waals surface area contributed by atoms with Crippen LogP contribution in [0.4, 0.5) is 8.78 Å². The van der Waals surface area contributed by atoms with E-state index in [1.54, 1.807) is 0 Å². The van der Waals surface area contributed by atoms with Gasteiger partial charge in [-0.2, -0.15) is 0 Å². The zero-order valence-corrected chi connectivity index (χ0v) is 12.1. The second-order valence-electron chi connectivity index (χ2n) is 5.27. The molecule has 1 heterocycles. The van der Waals surface area contributed by atoms with Crippen LogP contribution < -0.4 is 5.73 Å². The third kappa shape index (κ3) is 3.65. The lowest BCUT2D eigenvalue weighted by Crippen LogP contribution is -2.46. The van der Waals surface area contributed by atoms with Crippen molar-refractivity contribution in [2.45, 2.75) is 32.4 Å². The van der Waals surface area contributed by atoms with Gasteiger partial charge in [0.15, 0.2) is 0 Å². The predicted octanol–water partition coefficient (Wildman–Crippen LogP) is 3.12. The van der Waals surface area contributed by atoms with Crippen molar-refractivity contribution in [3.63, 3.8) is 0 Å². The van der Waals surface area contributed by atoms with E-state index in [9.17, 15) is 8.78 Å². The summed E-state index contributed by atoms with van der Waals surface area (Å²) < 4.78 is 26.9. The van der Waals surface area contributed by atoms with Gasteiger partial charge in [-0.05, 0) is 37.5 Å². The maximum Gasteiger partial charge on any atom is 0.128 e. The van der Waals surface area contributed by atoms with E-state index in [2.05, 4.69) is 11.8 Å². The van der Waals surface area contributed by atoms with Crippen LogP contribution in [0.15, 0.2) is 18.2 Å². The lowest BCUT2D eigenvalue weighted by atomic mass is 9.92. The zero-order valence-electron chi connectivity index (χ0n) is 11.3. The fourth-order valence-corrected chi connectivity index (χ4v) is 2.58. The molecule has 2 N–H and O–H groups in total. The Morgan fingerprint density at radius 2 is 2.05 bits per heavy atom. The van der Waals surface area contributed by atoms with Crippen LogP contribution >= 0.6 is 12.4 Å². The van der Waals surface area contributed by atoms with Crippen LogP contribution in [0.25, 0.3) is 0 Å². The summed E-state index contributed by atoms with van der Waals surface area (Å²) in [6.45, 7) is 5.69. The number of rotatable bonds is 2. The first kappa shape index (κ1) is 16.3. The largest absolute Gasteiger partial charge is 0.327 e. The van der Waals surface area contributed by atoms with Gasteiger partial charge in [0.2, 0.25) is 0 Å². The molecule has 1 fully saturated rings. The molecule has 0 spiro atoms. The van der Waals surface area contributed by atoms with E-state index in [1.807, 2.05) is 6.92 Å². The zero-order chi connectivity index (χ0) is 13.3. The number of hydrogen-bond acceptors (Lipinski definition) is 2. The molecular weight excluding hydrogens is 270 g/mol. The van der Waals surface area contributed by atoms with Crippen molar-refractivity contribution in [2.24, 2.45) is 11.7 Å². The Morgan fingerprint density at radius 1 is 1.37 bits per heavy atom. The maximum atomic E-state index is 13.7. The van der Waals surface area contributed by atoms with E-state index in [1.165, 1.54) is 12.1 Å². The van der Waals surface area contributed by atoms with E-state index in [4.69, 9.17) is 5.73 Å². The molecule has 1 aliphatic heterocycles. The predicted molar refractivity (Wildman–Crippen MR) is 75.4 cm³/mol. The number of likely N-dealkylation sites (tertiary alicyclic amines) is 1. The van der Waals surface area contributed by atoms with Gasteiger partial charge in [-0.3, -0.25) is 4.90 Å². The van der Waals surface area contributed by atoms with Crippen molar-refractivity contribution in [3.8, 4) is 0 Å². The van der Waals surface area contributed by atoms with Gasteiger partial charge >= 0.3 is 0 Å². The van der Waals surface area contributed by atoms with Crippen molar-refractivity contribution in [1.29, 1.82) is 0 Å². The number of hydrogen-bond donors (Lipinski definition) is 1. The fraction of sp³-hybridized carbons (Fsp3) is 0.571. The van der Waals surface area contributed by atoms with Crippen LogP contribution in [0.3, 0.4) is 0 Å². The van der Waals surface area contributed by atoms with Gasteiger partial charge in [-0.15, -0.1) is 12.4 Å². The maximum absolute atomic E-state index is 13.7. The van der Waals surface area contributed by atoms with Gasteiger partial charge in [0.1, 0.15) is 11.6 Å². The summed E-state index contributed by atoms with van der Waals surface area (Å²) in [6.07, 6.45) is 0.905. The quantitative estimate of drug-likeness (QED) is 0.907. The Kier molecular flexibility index (Phi) is 5.71. The Labute approximate surface area is 119 Å². The Bertz CT molecular complexity index is 428. The molecule has 5 heteroatoms. The minimum absolute atomic E-state index is 0. The second-order valence-corrected chi connectivity index (χ2v) is 5.27. The normalized spacial score (nSPS) is 25.7. The summed E-state index contributed by atoms with van der Waals surface area (Å²) in [6, 6.07) is 3.74. The minimum Gasteiger partial charge on any atom is -0.327 e. The number of nitrogens with two attached hydrogens (primary N) is 1. The lowest BCUT2D eigenvalue weighted by Gasteiger charge is -2.38. The minimum atomic E-state index is -0.389. The molecule has 2 nitrogen and oxygen atoms in total.